The first-order valence-electron chi connectivity index (χ1n) is 16.6. The molecule has 1 aliphatic carbocycles. The van der Waals surface area contributed by atoms with Crippen LogP contribution < -0.4 is 4.90 Å². The van der Waals surface area contributed by atoms with E-state index in [9.17, 15) is 14.2 Å². The fourth-order valence-electron chi connectivity index (χ4n) is 6.51. The van der Waals surface area contributed by atoms with E-state index < -0.39 is 67.1 Å². The summed E-state index contributed by atoms with van der Waals surface area (Å²) in [7, 11) is -3.43. The van der Waals surface area contributed by atoms with Gasteiger partial charge in [-0.3, -0.25) is 9.74 Å². The van der Waals surface area contributed by atoms with Gasteiger partial charge < -0.3 is 37.7 Å². The summed E-state index contributed by atoms with van der Waals surface area (Å²) in [5.74, 6) is -1.64. The van der Waals surface area contributed by atoms with Gasteiger partial charge in [0.05, 0.1) is 24.8 Å². The third-order valence-corrected chi connectivity index (χ3v) is 11.0. The molecular weight excluding hydrogens is 695 g/mol. The van der Waals surface area contributed by atoms with Crippen molar-refractivity contribution in [2.75, 3.05) is 44.8 Å². The molecule has 1 saturated carbocycles. The minimum Gasteiger partial charge on any atom is -0.463 e. The van der Waals surface area contributed by atoms with Gasteiger partial charge in [-0.25, -0.2) is 20.8 Å². The van der Waals surface area contributed by atoms with Crippen LogP contribution >= 0.6 is 18.7 Å². The lowest BCUT2D eigenvalue weighted by atomic mass is 10.1. The molecule has 18 heteroatoms. The Labute approximate surface area is 296 Å². The Morgan fingerprint density at radius 3 is 2.48 bits per heavy atom. The van der Waals surface area contributed by atoms with Crippen molar-refractivity contribution in [2.45, 2.75) is 115 Å². The zero-order chi connectivity index (χ0) is 36.6. The van der Waals surface area contributed by atoms with Crippen LogP contribution in [-0.2, 0) is 42.5 Å². The standard InChI is InChI=1S/C32H46ClN6O10P/c1-10-44-27(40)32(50(8,9)42,17-43-18-34-7)45-16-21-22-23(48-31(5,6)47-22)26(46-21)39-25-20(15-35-39)24(36-28(33)37-25)38(19-13-11-12-14-19)29(41)49-30(2,3)4/h15,19,21-23,26H,10-14,16-18H2,1-6,8-9H3/t21-,22-,23-,26-,32?/m1/s1. The van der Waals surface area contributed by atoms with Crippen molar-refractivity contribution in [3.63, 3.8) is 0 Å². The van der Waals surface area contributed by atoms with Crippen LogP contribution in [0.25, 0.3) is 15.9 Å². The average Bonchev–Trinajstić information content (AvgIpc) is 3.78. The van der Waals surface area contributed by atoms with Gasteiger partial charge in [0.2, 0.25) is 10.6 Å². The van der Waals surface area contributed by atoms with E-state index in [2.05, 4.69) is 19.9 Å². The Morgan fingerprint density at radius 2 is 1.86 bits per heavy atom. The number of carbonyl (C=O) groups is 2. The van der Waals surface area contributed by atoms with Crippen LogP contribution in [0, 0.1) is 6.57 Å². The Hall–Kier alpha value is -2.90. The van der Waals surface area contributed by atoms with E-state index in [0.717, 1.165) is 25.7 Å². The summed E-state index contributed by atoms with van der Waals surface area (Å²) >= 11 is 6.52. The second-order valence-corrected chi connectivity index (χ2v) is 18.1. The Balaban J connectivity index is 1.51. The van der Waals surface area contributed by atoms with Crippen molar-refractivity contribution in [1.82, 2.24) is 19.7 Å². The molecular formula is C32H46ClN6O10P. The van der Waals surface area contributed by atoms with Crippen LogP contribution in [0.4, 0.5) is 10.6 Å². The molecule has 50 heavy (non-hydrogen) atoms. The highest BCUT2D eigenvalue weighted by atomic mass is 35.5. The normalized spacial score (nSPS) is 24.9. The van der Waals surface area contributed by atoms with E-state index in [-0.39, 0.29) is 42.7 Å². The van der Waals surface area contributed by atoms with Gasteiger partial charge in [-0.1, -0.05) is 12.8 Å². The van der Waals surface area contributed by atoms with Gasteiger partial charge in [-0.15, -0.1) is 0 Å². The Bertz CT molecular complexity index is 1660. The maximum atomic E-state index is 13.7. The van der Waals surface area contributed by atoms with Crippen LogP contribution in [0.3, 0.4) is 0 Å². The van der Waals surface area contributed by atoms with Crippen molar-refractivity contribution in [3.8, 4) is 0 Å². The van der Waals surface area contributed by atoms with Gasteiger partial charge in [0.15, 0.2) is 23.5 Å². The number of carbonyl (C=O) groups excluding carboxylic acids is 2. The number of anilines is 1. The smallest absolute Gasteiger partial charge is 0.416 e. The van der Waals surface area contributed by atoms with Crippen molar-refractivity contribution in [3.05, 3.63) is 22.9 Å². The lowest BCUT2D eigenvalue weighted by molar-refractivity contribution is -0.209. The largest absolute Gasteiger partial charge is 0.463 e. The van der Waals surface area contributed by atoms with Gasteiger partial charge in [-0.2, -0.15) is 15.1 Å². The molecule has 0 radical (unpaired) electrons. The number of esters is 1. The minimum atomic E-state index is -3.43. The average molecular weight is 741 g/mol. The van der Waals surface area contributed by atoms with Gasteiger partial charge >= 0.3 is 18.8 Å². The number of nitrogens with zero attached hydrogens (tertiary/aromatic N) is 6. The van der Waals surface area contributed by atoms with E-state index in [1.165, 1.54) is 18.0 Å². The lowest BCUT2D eigenvalue weighted by Crippen LogP contribution is -2.49. The fraction of sp³-hybridized carbons (Fsp3) is 0.750. The minimum absolute atomic E-state index is 0.00941. The first-order chi connectivity index (χ1) is 23.4. The molecule has 5 rings (SSSR count). The van der Waals surface area contributed by atoms with E-state index in [4.69, 9.17) is 51.3 Å². The highest BCUT2D eigenvalue weighted by Gasteiger charge is 2.59. The first-order valence-corrected chi connectivity index (χ1v) is 19.6. The van der Waals surface area contributed by atoms with Crippen LogP contribution in [-0.4, -0.2) is 113 Å². The maximum absolute atomic E-state index is 13.7. The van der Waals surface area contributed by atoms with E-state index in [1.54, 1.807) is 52.6 Å². The summed E-state index contributed by atoms with van der Waals surface area (Å²) < 4.78 is 56.9. The molecule has 1 unspecified atom stereocenters. The summed E-state index contributed by atoms with van der Waals surface area (Å²) in [6, 6.07) is -0.157. The predicted octanol–water partition coefficient (Wildman–Crippen LogP) is 5.37. The van der Waals surface area contributed by atoms with Crippen molar-refractivity contribution < 1.29 is 47.3 Å². The summed E-state index contributed by atoms with van der Waals surface area (Å²) in [5.41, 5.74) is -0.466. The summed E-state index contributed by atoms with van der Waals surface area (Å²) in [4.78, 5) is 40.7. The third-order valence-electron chi connectivity index (χ3n) is 8.69. The van der Waals surface area contributed by atoms with Crippen LogP contribution in [0.5, 0.6) is 0 Å². The molecule has 5 atom stereocenters. The Morgan fingerprint density at radius 1 is 1.18 bits per heavy atom. The molecule has 2 aliphatic heterocycles. The number of hydrogen-bond donors (Lipinski definition) is 0. The van der Waals surface area contributed by atoms with E-state index in [1.807, 2.05) is 0 Å². The topological polar surface area (TPSA) is 167 Å². The van der Waals surface area contributed by atoms with E-state index in [0.29, 0.717) is 5.39 Å². The summed E-state index contributed by atoms with van der Waals surface area (Å²) in [6.07, 6.45) is 1.19. The number of amides is 1. The monoisotopic (exact) mass is 740 g/mol. The third kappa shape index (κ3) is 7.79. The molecule has 0 spiro atoms. The molecule has 2 aromatic rings. The lowest BCUT2D eigenvalue weighted by Gasteiger charge is -2.35. The molecule has 0 bridgehead atoms. The molecule has 2 aromatic heterocycles. The van der Waals surface area contributed by atoms with Gasteiger partial charge in [0.25, 0.3) is 0 Å². The molecule has 3 fully saturated rings. The first kappa shape index (κ1) is 38.3. The molecule has 4 heterocycles. The molecule has 0 N–H and O–H groups in total. The van der Waals surface area contributed by atoms with Crippen molar-refractivity contribution in [1.29, 1.82) is 0 Å². The van der Waals surface area contributed by atoms with Gasteiger partial charge in [-0.05, 0) is 79.3 Å². The predicted molar refractivity (Wildman–Crippen MR) is 181 cm³/mol. The number of halogens is 1. The molecule has 3 aliphatic rings. The summed E-state index contributed by atoms with van der Waals surface area (Å²) in [6.45, 7) is 19.3. The quantitative estimate of drug-likeness (QED) is 0.0896. The van der Waals surface area contributed by atoms with Gasteiger partial charge in [0, 0.05) is 6.04 Å². The van der Waals surface area contributed by atoms with Gasteiger partial charge in [0.1, 0.15) is 37.7 Å². The van der Waals surface area contributed by atoms with E-state index >= 15 is 0 Å². The molecule has 2 saturated heterocycles. The number of rotatable bonds is 12. The zero-order valence-corrected chi connectivity index (χ0v) is 31.4. The number of hydrogen-bond acceptors (Lipinski definition) is 13. The molecule has 276 valence electrons. The highest BCUT2D eigenvalue weighted by Crippen LogP contribution is 2.54. The zero-order valence-electron chi connectivity index (χ0n) is 29.7. The molecule has 1 amide bonds. The second kappa shape index (κ2) is 14.6. The fourth-order valence-corrected chi connectivity index (χ4v) is 7.96. The van der Waals surface area contributed by atoms with Crippen LogP contribution in [0.2, 0.25) is 5.28 Å². The number of aromatic nitrogens is 4. The molecule has 0 aromatic carbocycles. The van der Waals surface area contributed by atoms with Crippen LogP contribution in [0.15, 0.2) is 6.20 Å². The number of fused-ring (bicyclic) bond motifs is 2. The summed E-state index contributed by atoms with van der Waals surface area (Å²) in [5, 5.41) is 2.94. The SMILES string of the molecule is [C-]#[N+]COCC(OC[C@H]1O[C@@H](n2ncc3c(N(C(=O)OC(C)(C)C)C4CCCC4)nc(Cl)nc32)[C@@H]2OC(C)(C)O[C@@H]21)(C(=O)OCC)P(C)(C)=O. The molecule has 16 nitrogen and oxygen atoms in total. The highest BCUT2D eigenvalue weighted by molar-refractivity contribution is 7.64. The number of ether oxygens (including phenoxy) is 7. The maximum Gasteiger partial charge on any atom is 0.416 e. The second-order valence-electron chi connectivity index (χ2n) is 14.4. The van der Waals surface area contributed by atoms with Crippen molar-refractivity contribution >= 4 is 47.7 Å². The van der Waals surface area contributed by atoms with Crippen LogP contribution in [0.1, 0.15) is 73.5 Å². The van der Waals surface area contributed by atoms with Crippen molar-refractivity contribution in [2.24, 2.45) is 0 Å². The Kier molecular flexibility index (Phi) is 11.2.